The van der Waals surface area contributed by atoms with Crippen LogP contribution in [0.5, 0.6) is 5.75 Å². The summed E-state index contributed by atoms with van der Waals surface area (Å²) in [7, 11) is 0. The van der Waals surface area contributed by atoms with Crippen molar-refractivity contribution in [2.75, 3.05) is 0 Å². The summed E-state index contributed by atoms with van der Waals surface area (Å²) < 4.78 is 0. The highest BCUT2D eigenvalue weighted by molar-refractivity contribution is 5.98. The van der Waals surface area contributed by atoms with Crippen LogP contribution < -0.4 is 5.32 Å². The summed E-state index contributed by atoms with van der Waals surface area (Å²) in [5.41, 5.74) is -1.02. The Morgan fingerprint density at radius 3 is 2.33 bits per heavy atom. The van der Waals surface area contributed by atoms with E-state index in [0.717, 1.165) is 0 Å². The van der Waals surface area contributed by atoms with Crippen LogP contribution in [0, 0.1) is 0 Å². The van der Waals surface area contributed by atoms with E-state index in [2.05, 4.69) is 5.32 Å². The van der Waals surface area contributed by atoms with Crippen LogP contribution in [0.15, 0.2) is 24.3 Å². The highest BCUT2D eigenvalue weighted by Crippen LogP contribution is 2.18. The number of rotatable bonds is 5. The summed E-state index contributed by atoms with van der Waals surface area (Å²) in [4.78, 5) is 23.2. The predicted octanol–water partition coefficient (Wildman–Crippen LogP) is 1.77. The Bertz CT molecular complexity index is 452. The topological polar surface area (TPSA) is 86.6 Å². The number of carboxylic acid groups (broad SMARTS) is 1. The molecule has 0 bridgehead atoms. The molecule has 0 fully saturated rings. The second kappa shape index (κ2) is 5.53. The fourth-order valence-electron chi connectivity index (χ4n) is 1.72. The van der Waals surface area contributed by atoms with Gasteiger partial charge in [0.05, 0.1) is 0 Å². The standard InChI is InChI=1S/C13H17NO4/c1-3-13(4-2,12(17)18)14-11(16)9-6-5-7-10(15)8-9/h5-8,15H,3-4H2,1-2H3,(H,14,16)(H,17,18). The second-order valence-corrected chi connectivity index (χ2v) is 4.10. The quantitative estimate of drug-likeness (QED) is 0.744. The molecule has 5 nitrogen and oxygen atoms in total. The smallest absolute Gasteiger partial charge is 0.329 e. The molecule has 18 heavy (non-hydrogen) atoms. The Labute approximate surface area is 105 Å². The molecule has 0 spiro atoms. The minimum atomic E-state index is -1.26. The Morgan fingerprint density at radius 2 is 1.89 bits per heavy atom. The molecule has 1 aromatic carbocycles. The first-order valence-electron chi connectivity index (χ1n) is 5.80. The third-order valence-corrected chi connectivity index (χ3v) is 3.08. The molecular formula is C13H17NO4. The van der Waals surface area contributed by atoms with Crippen molar-refractivity contribution in [1.29, 1.82) is 0 Å². The van der Waals surface area contributed by atoms with Gasteiger partial charge in [-0.1, -0.05) is 19.9 Å². The van der Waals surface area contributed by atoms with Crippen molar-refractivity contribution in [3.05, 3.63) is 29.8 Å². The molecule has 0 aliphatic heterocycles. The van der Waals surface area contributed by atoms with E-state index in [0.29, 0.717) is 12.8 Å². The lowest BCUT2D eigenvalue weighted by Gasteiger charge is -2.28. The minimum absolute atomic E-state index is 0.0310. The van der Waals surface area contributed by atoms with Gasteiger partial charge in [-0.3, -0.25) is 4.79 Å². The van der Waals surface area contributed by atoms with E-state index >= 15 is 0 Å². The molecule has 98 valence electrons. The first-order valence-corrected chi connectivity index (χ1v) is 5.80. The first-order chi connectivity index (χ1) is 8.45. The predicted molar refractivity (Wildman–Crippen MR) is 66.5 cm³/mol. The van der Waals surface area contributed by atoms with Crippen LogP contribution in [0.4, 0.5) is 0 Å². The van der Waals surface area contributed by atoms with Gasteiger partial charge in [0, 0.05) is 5.56 Å². The summed E-state index contributed by atoms with van der Waals surface area (Å²) in [5, 5.41) is 21.0. The molecule has 0 radical (unpaired) electrons. The van der Waals surface area contributed by atoms with Gasteiger partial charge in [-0.25, -0.2) is 4.79 Å². The molecule has 0 saturated carbocycles. The van der Waals surface area contributed by atoms with Gasteiger partial charge in [-0.2, -0.15) is 0 Å². The van der Waals surface area contributed by atoms with Crippen molar-refractivity contribution < 1.29 is 19.8 Å². The van der Waals surface area contributed by atoms with Crippen molar-refractivity contribution in [2.45, 2.75) is 32.2 Å². The maximum atomic E-state index is 11.9. The highest BCUT2D eigenvalue weighted by atomic mass is 16.4. The number of phenols is 1. The second-order valence-electron chi connectivity index (χ2n) is 4.10. The molecule has 0 unspecified atom stereocenters. The molecule has 0 aromatic heterocycles. The van der Waals surface area contributed by atoms with Crippen LogP contribution in [0.2, 0.25) is 0 Å². The molecule has 3 N–H and O–H groups in total. The number of nitrogens with one attached hydrogen (secondary N) is 1. The molecular weight excluding hydrogens is 234 g/mol. The normalized spacial score (nSPS) is 11.0. The maximum absolute atomic E-state index is 11.9. The fourth-order valence-corrected chi connectivity index (χ4v) is 1.72. The van der Waals surface area contributed by atoms with E-state index in [1.54, 1.807) is 13.8 Å². The van der Waals surface area contributed by atoms with Crippen LogP contribution in [0.3, 0.4) is 0 Å². The molecule has 0 aliphatic rings. The van der Waals surface area contributed by atoms with E-state index < -0.39 is 17.4 Å². The van der Waals surface area contributed by atoms with Gasteiger partial charge in [0.15, 0.2) is 0 Å². The zero-order chi connectivity index (χ0) is 13.8. The maximum Gasteiger partial charge on any atom is 0.329 e. The number of hydrogen-bond acceptors (Lipinski definition) is 3. The van der Waals surface area contributed by atoms with Crippen LogP contribution in [-0.2, 0) is 4.79 Å². The molecule has 0 saturated heterocycles. The number of carbonyl (C=O) groups is 2. The average molecular weight is 251 g/mol. The third kappa shape index (κ3) is 2.80. The Morgan fingerprint density at radius 1 is 1.28 bits per heavy atom. The van der Waals surface area contributed by atoms with Crippen molar-refractivity contribution in [3.63, 3.8) is 0 Å². The van der Waals surface area contributed by atoms with Crippen LogP contribution in [0.1, 0.15) is 37.0 Å². The van der Waals surface area contributed by atoms with Crippen molar-refractivity contribution in [2.24, 2.45) is 0 Å². The minimum Gasteiger partial charge on any atom is -0.508 e. The van der Waals surface area contributed by atoms with E-state index in [-0.39, 0.29) is 11.3 Å². The zero-order valence-corrected chi connectivity index (χ0v) is 10.4. The molecule has 1 aromatic rings. The number of phenolic OH excluding ortho intramolecular Hbond substituents is 1. The summed E-state index contributed by atoms with van der Waals surface area (Å²) in [5.74, 6) is -1.59. The van der Waals surface area contributed by atoms with E-state index in [4.69, 9.17) is 0 Å². The molecule has 0 heterocycles. The number of carboxylic acids is 1. The average Bonchev–Trinajstić information content (AvgIpc) is 2.35. The number of amides is 1. The van der Waals surface area contributed by atoms with Gasteiger partial charge < -0.3 is 15.5 Å². The lowest BCUT2D eigenvalue weighted by Crippen LogP contribution is -2.53. The van der Waals surface area contributed by atoms with Gasteiger partial charge >= 0.3 is 5.97 Å². The molecule has 1 rings (SSSR count). The van der Waals surface area contributed by atoms with E-state index in [1.807, 2.05) is 0 Å². The lowest BCUT2D eigenvalue weighted by molar-refractivity contribution is -0.144. The van der Waals surface area contributed by atoms with E-state index in [1.165, 1.54) is 24.3 Å². The number of aliphatic carboxylic acids is 1. The third-order valence-electron chi connectivity index (χ3n) is 3.08. The molecule has 1 amide bonds. The van der Waals surface area contributed by atoms with Crippen LogP contribution >= 0.6 is 0 Å². The Balaban J connectivity index is 2.95. The fraction of sp³-hybridized carbons (Fsp3) is 0.385. The zero-order valence-electron chi connectivity index (χ0n) is 10.4. The van der Waals surface area contributed by atoms with Crippen molar-refractivity contribution in [3.8, 4) is 5.75 Å². The monoisotopic (exact) mass is 251 g/mol. The summed E-state index contributed by atoms with van der Waals surface area (Å²) >= 11 is 0. The summed E-state index contributed by atoms with van der Waals surface area (Å²) in [6.45, 7) is 3.42. The number of carbonyl (C=O) groups excluding carboxylic acids is 1. The summed E-state index contributed by atoms with van der Waals surface area (Å²) in [6, 6.07) is 5.80. The van der Waals surface area contributed by atoms with Gasteiger partial charge in [-0.05, 0) is 31.0 Å². The van der Waals surface area contributed by atoms with E-state index in [9.17, 15) is 19.8 Å². The van der Waals surface area contributed by atoms with Gasteiger partial charge in [0.25, 0.3) is 5.91 Å². The number of benzene rings is 1. The first kappa shape index (κ1) is 14.0. The van der Waals surface area contributed by atoms with Crippen LogP contribution in [0.25, 0.3) is 0 Å². The van der Waals surface area contributed by atoms with Crippen molar-refractivity contribution in [1.82, 2.24) is 5.32 Å². The van der Waals surface area contributed by atoms with Gasteiger partial charge in [0.2, 0.25) is 0 Å². The number of aromatic hydroxyl groups is 1. The largest absolute Gasteiger partial charge is 0.508 e. The van der Waals surface area contributed by atoms with Gasteiger partial charge in [0.1, 0.15) is 11.3 Å². The van der Waals surface area contributed by atoms with Crippen molar-refractivity contribution >= 4 is 11.9 Å². The number of hydrogen-bond donors (Lipinski definition) is 3. The Kier molecular flexibility index (Phi) is 4.31. The van der Waals surface area contributed by atoms with Crippen LogP contribution in [-0.4, -0.2) is 27.6 Å². The molecule has 5 heteroatoms. The Hall–Kier alpha value is -2.04. The molecule has 0 atom stereocenters. The lowest BCUT2D eigenvalue weighted by atomic mass is 9.92. The highest BCUT2D eigenvalue weighted by Gasteiger charge is 2.36. The SMILES string of the molecule is CCC(CC)(NC(=O)c1cccc(O)c1)C(=O)O. The summed E-state index contributed by atoms with van der Waals surface area (Å²) in [6.07, 6.45) is 0.590. The van der Waals surface area contributed by atoms with Gasteiger partial charge in [-0.15, -0.1) is 0 Å². The molecule has 0 aliphatic carbocycles.